The van der Waals surface area contributed by atoms with Crippen LogP contribution in [0.1, 0.15) is 38.3 Å². The summed E-state index contributed by atoms with van der Waals surface area (Å²) in [5.41, 5.74) is 2.97. The van der Waals surface area contributed by atoms with Crippen LogP contribution in [0.15, 0.2) is 72.1 Å². The molecule has 1 atom stereocenters. The molecular formula is C24H30N2OS. The van der Waals surface area contributed by atoms with E-state index in [1.165, 1.54) is 16.0 Å². The van der Waals surface area contributed by atoms with Gasteiger partial charge in [-0.25, -0.2) is 4.98 Å². The van der Waals surface area contributed by atoms with Crippen molar-refractivity contribution in [3.05, 3.63) is 78.4 Å². The highest BCUT2D eigenvalue weighted by atomic mass is 32.2. The predicted octanol–water partition coefficient (Wildman–Crippen LogP) is 5.98. The number of thioether (sulfide) groups is 1. The number of methoxy groups -OCH3 is 1. The van der Waals surface area contributed by atoms with Crippen LogP contribution in [0.5, 0.6) is 5.75 Å². The average molecular weight is 395 g/mol. The molecule has 3 rings (SSSR count). The molecule has 0 aliphatic rings. The van der Waals surface area contributed by atoms with Gasteiger partial charge in [0, 0.05) is 29.1 Å². The third-order valence-electron chi connectivity index (χ3n) is 4.91. The summed E-state index contributed by atoms with van der Waals surface area (Å²) in [5.74, 6) is 0.942. The minimum atomic E-state index is 0.197. The molecule has 1 unspecified atom stereocenters. The number of nitrogens with zero attached hydrogens (tertiary/aromatic N) is 2. The number of hydrogen-bond donors (Lipinski definition) is 0. The standard InChI is InChI=1S/C24H30N2OS/c1-24(2,3)20-12-9-19(10-13-20)11-14-21(17-26-16-15-25-18-26)28-23-8-6-5-7-22(23)27-4/h5-10,12-13,15-16,18,21H,11,14,17H2,1-4H3. The topological polar surface area (TPSA) is 27.1 Å². The number of benzene rings is 2. The van der Waals surface area contributed by atoms with Gasteiger partial charge in [0.15, 0.2) is 0 Å². The Morgan fingerprint density at radius 1 is 1.07 bits per heavy atom. The van der Waals surface area contributed by atoms with Crippen LogP contribution in [0, 0.1) is 0 Å². The Hall–Kier alpha value is -2.20. The van der Waals surface area contributed by atoms with Crippen molar-refractivity contribution in [2.45, 2.75) is 55.7 Å². The molecule has 1 aromatic heterocycles. The molecule has 148 valence electrons. The number of aryl methyl sites for hydroxylation is 1. The fourth-order valence-corrected chi connectivity index (χ4v) is 4.48. The molecule has 1 heterocycles. The highest BCUT2D eigenvalue weighted by molar-refractivity contribution is 8.00. The molecule has 0 bridgehead atoms. The number of hydrogen-bond acceptors (Lipinski definition) is 3. The van der Waals surface area contributed by atoms with Crippen molar-refractivity contribution in [2.75, 3.05) is 7.11 Å². The zero-order valence-electron chi connectivity index (χ0n) is 17.3. The van der Waals surface area contributed by atoms with Gasteiger partial charge < -0.3 is 9.30 Å². The average Bonchev–Trinajstić information content (AvgIpc) is 3.19. The lowest BCUT2D eigenvalue weighted by atomic mass is 9.86. The first kappa shape index (κ1) is 20.5. The van der Waals surface area contributed by atoms with Gasteiger partial charge in [-0.2, -0.15) is 0 Å². The van der Waals surface area contributed by atoms with Crippen LogP contribution in [-0.4, -0.2) is 21.9 Å². The van der Waals surface area contributed by atoms with E-state index in [1.807, 2.05) is 42.6 Å². The van der Waals surface area contributed by atoms with Crippen LogP contribution in [0.4, 0.5) is 0 Å². The quantitative estimate of drug-likeness (QED) is 0.440. The van der Waals surface area contributed by atoms with Crippen LogP contribution in [-0.2, 0) is 18.4 Å². The summed E-state index contributed by atoms with van der Waals surface area (Å²) in [4.78, 5) is 5.39. The molecular weight excluding hydrogens is 364 g/mol. The Labute approximate surface area is 173 Å². The van der Waals surface area contributed by atoms with Gasteiger partial charge in [-0.15, -0.1) is 11.8 Å². The van der Waals surface area contributed by atoms with Gasteiger partial charge in [0.2, 0.25) is 0 Å². The Kier molecular flexibility index (Phi) is 6.84. The highest BCUT2D eigenvalue weighted by Crippen LogP contribution is 2.34. The summed E-state index contributed by atoms with van der Waals surface area (Å²) in [7, 11) is 1.74. The fourth-order valence-electron chi connectivity index (χ4n) is 3.21. The first-order valence-electron chi connectivity index (χ1n) is 9.80. The zero-order chi connectivity index (χ0) is 20.0. The second kappa shape index (κ2) is 9.33. The van der Waals surface area contributed by atoms with Gasteiger partial charge in [-0.05, 0) is 41.5 Å². The van der Waals surface area contributed by atoms with Crippen molar-refractivity contribution < 1.29 is 4.74 Å². The maximum atomic E-state index is 5.55. The molecule has 0 amide bonds. The molecule has 0 N–H and O–H groups in total. The smallest absolute Gasteiger partial charge is 0.132 e. The summed E-state index contributed by atoms with van der Waals surface area (Å²) in [6.07, 6.45) is 7.93. The maximum absolute atomic E-state index is 5.55. The van der Waals surface area contributed by atoms with Gasteiger partial charge in [0.25, 0.3) is 0 Å². The Balaban J connectivity index is 1.70. The molecule has 0 saturated heterocycles. The van der Waals surface area contributed by atoms with Gasteiger partial charge in [0.05, 0.1) is 13.4 Å². The van der Waals surface area contributed by atoms with E-state index in [2.05, 4.69) is 66.7 Å². The monoisotopic (exact) mass is 394 g/mol. The van der Waals surface area contributed by atoms with Crippen LogP contribution in [0.2, 0.25) is 0 Å². The van der Waals surface area contributed by atoms with Gasteiger partial charge in [0.1, 0.15) is 5.75 Å². The molecule has 0 aliphatic carbocycles. The second-order valence-electron chi connectivity index (χ2n) is 8.14. The SMILES string of the molecule is COc1ccccc1SC(CCc1ccc(C(C)(C)C)cc1)Cn1ccnc1. The third-order valence-corrected chi connectivity index (χ3v) is 6.22. The molecule has 0 fully saturated rings. The van der Waals surface area contributed by atoms with E-state index in [4.69, 9.17) is 4.74 Å². The van der Waals surface area contributed by atoms with Crippen molar-refractivity contribution in [3.63, 3.8) is 0 Å². The molecule has 4 heteroatoms. The summed E-state index contributed by atoms with van der Waals surface area (Å²) >= 11 is 1.89. The fraction of sp³-hybridized carbons (Fsp3) is 0.375. The van der Waals surface area contributed by atoms with Gasteiger partial charge >= 0.3 is 0 Å². The molecule has 3 nitrogen and oxygen atoms in total. The van der Waals surface area contributed by atoms with E-state index in [1.54, 1.807) is 7.11 Å². The molecule has 0 spiro atoms. The Morgan fingerprint density at radius 3 is 2.46 bits per heavy atom. The lowest BCUT2D eigenvalue weighted by Crippen LogP contribution is -2.14. The van der Waals surface area contributed by atoms with E-state index in [0.717, 1.165) is 25.1 Å². The number of imidazole rings is 1. The van der Waals surface area contributed by atoms with Crippen molar-refractivity contribution in [3.8, 4) is 5.75 Å². The number of aromatic nitrogens is 2. The van der Waals surface area contributed by atoms with Crippen LogP contribution in [0.3, 0.4) is 0 Å². The molecule has 0 saturated carbocycles. The second-order valence-corrected chi connectivity index (χ2v) is 9.48. The summed E-state index contributed by atoms with van der Waals surface area (Å²) in [6.45, 7) is 7.70. The van der Waals surface area contributed by atoms with Crippen molar-refractivity contribution in [2.24, 2.45) is 0 Å². The van der Waals surface area contributed by atoms with Gasteiger partial charge in [-0.3, -0.25) is 0 Å². The summed E-state index contributed by atoms with van der Waals surface area (Å²) in [6, 6.07) is 17.4. The maximum Gasteiger partial charge on any atom is 0.132 e. The molecule has 0 radical (unpaired) electrons. The first-order valence-corrected chi connectivity index (χ1v) is 10.7. The van der Waals surface area contributed by atoms with E-state index in [-0.39, 0.29) is 5.41 Å². The largest absolute Gasteiger partial charge is 0.496 e. The molecule has 2 aromatic carbocycles. The molecule has 3 aromatic rings. The van der Waals surface area contributed by atoms with Crippen LogP contribution in [0.25, 0.3) is 0 Å². The minimum Gasteiger partial charge on any atom is -0.496 e. The Bertz CT molecular complexity index is 851. The highest BCUT2D eigenvalue weighted by Gasteiger charge is 2.16. The normalized spacial score (nSPS) is 12.7. The van der Waals surface area contributed by atoms with Crippen molar-refractivity contribution in [1.82, 2.24) is 9.55 Å². The zero-order valence-corrected chi connectivity index (χ0v) is 18.1. The predicted molar refractivity (Wildman–Crippen MR) is 118 cm³/mol. The molecule has 0 aliphatic heterocycles. The Morgan fingerprint density at radius 2 is 1.82 bits per heavy atom. The lowest BCUT2D eigenvalue weighted by molar-refractivity contribution is 0.404. The summed E-state index contributed by atoms with van der Waals surface area (Å²) < 4.78 is 7.71. The lowest BCUT2D eigenvalue weighted by Gasteiger charge is -2.20. The molecule has 28 heavy (non-hydrogen) atoms. The number of rotatable bonds is 8. The van der Waals surface area contributed by atoms with Crippen LogP contribution >= 0.6 is 11.8 Å². The van der Waals surface area contributed by atoms with Crippen LogP contribution < -0.4 is 4.74 Å². The van der Waals surface area contributed by atoms with Crippen molar-refractivity contribution >= 4 is 11.8 Å². The first-order chi connectivity index (χ1) is 13.5. The van der Waals surface area contributed by atoms with E-state index >= 15 is 0 Å². The number of ether oxygens (including phenoxy) is 1. The summed E-state index contributed by atoms with van der Waals surface area (Å²) in [5, 5.41) is 0.438. The van der Waals surface area contributed by atoms with E-state index in [9.17, 15) is 0 Å². The minimum absolute atomic E-state index is 0.197. The van der Waals surface area contributed by atoms with E-state index in [0.29, 0.717) is 5.25 Å². The van der Waals surface area contributed by atoms with E-state index < -0.39 is 0 Å². The third kappa shape index (κ3) is 5.65. The van der Waals surface area contributed by atoms with Crippen molar-refractivity contribution in [1.29, 1.82) is 0 Å². The van der Waals surface area contributed by atoms with Gasteiger partial charge in [-0.1, -0.05) is 57.2 Å². The number of para-hydroxylation sites is 1.